The number of anilines is 1. The van der Waals surface area contributed by atoms with E-state index in [1.54, 1.807) is 26.0 Å². The highest BCUT2D eigenvalue weighted by Gasteiger charge is 2.31. The maximum absolute atomic E-state index is 11.9. The van der Waals surface area contributed by atoms with Crippen LogP contribution in [0.4, 0.5) is 5.69 Å². The Labute approximate surface area is 93.8 Å². The molecule has 6 heteroatoms. The number of nitrogens with zero attached hydrogens (tertiary/aromatic N) is 1. The number of sulfone groups is 1. The van der Waals surface area contributed by atoms with E-state index < -0.39 is 15.8 Å². The second-order valence-corrected chi connectivity index (χ2v) is 5.93. The number of fused-ring (bicyclic) bond motifs is 1. The van der Waals surface area contributed by atoms with Crippen LogP contribution in [0.2, 0.25) is 0 Å². The fourth-order valence-electron chi connectivity index (χ4n) is 1.60. The molecule has 1 aliphatic rings. The van der Waals surface area contributed by atoms with Crippen molar-refractivity contribution in [2.75, 3.05) is 11.1 Å². The molecule has 1 aliphatic heterocycles. The van der Waals surface area contributed by atoms with Crippen LogP contribution in [0.3, 0.4) is 0 Å². The summed E-state index contributed by atoms with van der Waals surface area (Å²) in [6.45, 7) is 3.30. The molecule has 16 heavy (non-hydrogen) atoms. The molecule has 0 saturated carbocycles. The van der Waals surface area contributed by atoms with Gasteiger partial charge in [-0.05, 0) is 19.1 Å². The van der Waals surface area contributed by atoms with Crippen LogP contribution >= 0.6 is 0 Å². The van der Waals surface area contributed by atoms with Gasteiger partial charge in [0.05, 0.1) is 11.4 Å². The van der Waals surface area contributed by atoms with Crippen molar-refractivity contribution in [1.82, 2.24) is 4.98 Å². The summed E-state index contributed by atoms with van der Waals surface area (Å²) < 4.78 is 23.9. The Bertz CT molecular complexity index is 551. The first-order valence-corrected chi connectivity index (χ1v) is 6.56. The number of pyridine rings is 1. The summed E-state index contributed by atoms with van der Waals surface area (Å²) in [5.41, 5.74) is 0.895. The number of hydrogen-bond donors (Lipinski definition) is 1. The molecule has 5 nitrogen and oxygen atoms in total. The Morgan fingerprint density at radius 3 is 2.81 bits per heavy atom. The van der Waals surface area contributed by atoms with Gasteiger partial charge in [-0.25, -0.2) is 13.4 Å². The standard InChI is InChI=1S/C10H12N2O3S/c1-6-5-16(14,15)10-8(12-9(6)13)4-3-7(2)11-10/h3-4,6H,5H2,1-2H3,(H,12,13). The predicted octanol–water partition coefficient (Wildman–Crippen LogP) is 0.752. The normalized spacial score (nSPS) is 23.1. The summed E-state index contributed by atoms with van der Waals surface area (Å²) in [7, 11) is -3.48. The number of aryl methyl sites for hydroxylation is 1. The molecule has 0 aliphatic carbocycles. The van der Waals surface area contributed by atoms with Crippen LogP contribution in [0.15, 0.2) is 17.2 Å². The number of carbonyl (C=O) groups excluding carboxylic acids is 1. The molecule has 0 aromatic carbocycles. The molecule has 1 N–H and O–H groups in total. The maximum Gasteiger partial charge on any atom is 0.228 e. The second-order valence-electron chi connectivity index (χ2n) is 3.98. The average Bonchev–Trinajstić information content (AvgIpc) is 2.26. The number of nitrogens with one attached hydrogen (secondary N) is 1. The molecule has 0 radical (unpaired) electrons. The minimum Gasteiger partial charge on any atom is -0.323 e. The van der Waals surface area contributed by atoms with E-state index in [0.717, 1.165) is 0 Å². The minimum absolute atomic E-state index is 0.0230. The SMILES string of the molecule is Cc1ccc2c(n1)S(=O)(=O)CC(C)C(=O)N2. The third kappa shape index (κ3) is 1.80. The average molecular weight is 240 g/mol. The van der Waals surface area contributed by atoms with Crippen LogP contribution in [-0.2, 0) is 14.6 Å². The summed E-state index contributed by atoms with van der Waals surface area (Å²) in [5, 5.41) is 2.55. The van der Waals surface area contributed by atoms with E-state index in [4.69, 9.17) is 0 Å². The highest BCUT2D eigenvalue weighted by molar-refractivity contribution is 7.91. The number of rotatable bonds is 0. The van der Waals surface area contributed by atoms with Crippen molar-refractivity contribution < 1.29 is 13.2 Å². The molecule has 0 spiro atoms. The van der Waals surface area contributed by atoms with Gasteiger partial charge in [0, 0.05) is 11.6 Å². The van der Waals surface area contributed by atoms with Crippen molar-refractivity contribution in [2.24, 2.45) is 5.92 Å². The molecule has 2 rings (SSSR count). The third-order valence-corrected chi connectivity index (χ3v) is 4.31. The van der Waals surface area contributed by atoms with Gasteiger partial charge in [-0.2, -0.15) is 0 Å². The van der Waals surface area contributed by atoms with Gasteiger partial charge < -0.3 is 5.32 Å². The van der Waals surface area contributed by atoms with Gasteiger partial charge in [0.1, 0.15) is 0 Å². The van der Waals surface area contributed by atoms with Crippen LogP contribution in [0.1, 0.15) is 12.6 Å². The second kappa shape index (κ2) is 3.55. The zero-order valence-electron chi connectivity index (χ0n) is 9.02. The quantitative estimate of drug-likeness (QED) is 0.726. The van der Waals surface area contributed by atoms with Crippen LogP contribution in [0, 0.1) is 12.8 Å². The molecule has 0 fully saturated rings. The first kappa shape index (κ1) is 11.1. The molecule has 0 bridgehead atoms. The lowest BCUT2D eigenvalue weighted by molar-refractivity contribution is -0.118. The fraction of sp³-hybridized carbons (Fsp3) is 0.400. The lowest BCUT2D eigenvalue weighted by Crippen LogP contribution is -2.22. The van der Waals surface area contributed by atoms with Gasteiger partial charge in [0.25, 0.3) is 0 Å². The summed E-state index contributed by atoms with van der Waals surface area (Å²) in [5.74, 6) is -1.03. The monoisotopic (exact) mass is 240 g/mol. The van der Waals surface area contributed by atoms with E-state index in [9.17, 15) is 13.2 Å². The number of aromatic nitrogens is 1. The molecule has 1 amide bonds. The zero-order chi connectivity index (χ0) is 11.9. The van der Waals surface area contributed by atoms with Crippen LogP contribution in [0.5, 0.6) is 0 Å². The molecule has 0 saturated heterocycles. The van der Waals surface area contributed by atoms with Gasteiger partial charge >= 0.3 is 0 Å². The molecular weight excluding hydrogens is 228 g/mol. The van der Waals surface area contributed by atoms with Crippen molar-refractivity contribution in [3.05, 3.63) is 17.8 Å². The summed E-state index contributed by atoms with van der Waals surface area (Å²) >= 11 is 0. The first-order chi connectivity index (χ1) is 7.40. The first-order valence-electron chi connectivity index (χ1n) is 4.91. The Hall–Kier alpha value is -1.43. The highest BCUT2D eigenvalue weighted by Crippen LogP contribution is 2.26. The van der Waals surface area contributed by atoms with E-state index in [1.165, 1.54) is 0 Å². The number of hydrogen-bond acceptors (Lipinski definition) is 4. The molecule has 1 aromatic rings. The van der Waals surface area contributed by atoms with Gasteiger partial charge in [0.15, 0.2) is 14.9 Å². The Balaban J connectivity index is 2.66. The number of amides is 1. The number of carbonyl (C=O) groups is 1. The van der Waals surface area contributed by atoms with Gasteiger partial charge in [-0.15, -0.1) is 0 Å². The van der Waals surface area contributed by atoms with Crippen LogP contribution < -0.4 is 5.32 Å². The minimum atomic E-state index is -3.48. The fourth-order valence-corrected chi connectivity index (χ4v) is 3.31. The van der Waals surface area contributed by atoms with E-state index in [-0.39, 0.29) is 22.4 Å². The highest BCUT2D eigenvalue weighted by atomic mass is 32.2. The zero-order valence-corrected chi connectivity index (χ0v) is 9.84. The molecule has 86 valence electrons. The van der Waals surface area contributed by atoms with Crippen molar-refractivity contribution in [3.63, 3.8) is 0 Å². The lowest BCUT2D eigenvalue weighted by atomic mass is 10.2. The molecular formula is C10H12N2O3S. The van der Waals surface area contributed by atoms with E-state index in [2.05, 4.69) is 10.3 Å². The van der Waals surface area contributed by atoms with Crippen molar-refractivity contribution in [2.45, 2.75) is 18.9 Å². The molecule has 1 atom stereocenters. The topological polar surface area (TPSA) is 76.1 Å². The molecule has 2 heterocycles. The van der Waals surface area contributed by atoms with Crippen molar-refractivity contribution in [3.8, 4) is 0 Å². The molecule has 1 aromatic heterocycles. The third-order valence-electron chi connectivity index (χ3n) is 2.47. The van der Waals surface area contributed by atoms with Gasteiger partial charge in [-0.3, -0.25) is 4.79 Å². The van der Waals surface area contributed by atoms with Crippen LogP contribution in [0.25, 0.3) is 0 Å². The van der Waals surface area contributed by atoms with Gasteiger partial charge in [-0.1, -0.05) is 6.92 Å². The van der Waals surface area contributed by atoms with Crippen LogP contribution in [-0.4, -0.2) is 25.1 Å². The van der Waals surface area contributed by atoms with E-state index in [1.807, 2.05) is 0 Å². The summed E-state index contributed by atoms with van der Waals surface area (Å²) in [6, 6.07) is 3.25. The summed E-state index contributed by atoms with van der Waals surface area (Å²) in [4.78, 5) is 15.5. The Kier molecular flexibility index (Phi) is 2.46. The summed E-state index contributed by atoms with van der Waals surface area (Å²) in [6.07, 6.45) is 0. The van der Waals surface area contributed by atoms with E-state index >= 15 is 0 Å². The Morgan fingerprint density at radius 1 is 1.44 bits per heavy atom. The van der Waals surface area contributed by atoms with E-state index in [0.29, 0.717) is 5.69 Å². The maximum atomic E-state index is 11.9. The smallest absolute Gasteiger partial charge is 0.228 e. The predicted molar refractivity (Wildman–Crippen MR) is 58.8 cm³/mol. The lowest BCUT2D eigenvalue weighted by Gasteiger charge is -2.05. The van der Waals surface area contributed by atoms with Gasteiger partial charge in [0.2, 0.25) is 5.91 Å². The Morgan fingerprint density at radius 2 is 2.12 bits per heavy atom. The largest absolute Gasteiger partial charge is 0.323 e. The van der Waals surface area contributed by atoms with Crippen molar-refractivity contribution in [1.29, 1.82) is 0 Å². The molecule has 1 unspecified atom stereocenters. The van der Waals surface area contributed by atoms with Crippen molar-refractivity contribution >= 4 is 21.4 Å².